The summed E-state index contributed by atoms with van der Waals surface area (Å²) in [6, 6.07) is 0. The molecule has 0 aromatic rings. The molecule has 62 valence electrons. The fourth-order valence-electron chi connectivity index (χ4n) is 1.65. The molecule has 1 aliphatic carbocycles. The first-order valence-corrected chi connectivity index (χ1v) is 4.38. The summed E-state index contributed by atoms with van der Waals surface area (Å²) in [4.78, 5) is 11.1. The monoisotopic (exact) mass is 152 g/mol. The maximum Gasteiger partial charge on any atom is 0.133 e. The van der Waals surface area contributed by atoms with E-state index < -0.39 is 0 Å². The Bertz CT molecular complexity index is 179. The first kappa shape index (κ1) is 8.51. The van der Waals surface area contributed by atoms with Crippen LogP contribution < -0.4 is 0 Å². The molecule has 0 aromatic heterocycles. The normalized spacial score (nSPS) is 27.3. The second-order valence-electron chi connectivity index (χ2n) is 3.36. The zero-order valence-electron chi connectivity index (χ0n) is 7.39. The molecular formula is C10H16O. The first-order chi connectivity index (χ1) is 5.24. The minimum Gasteiger partial charge on any atom is -0.300 e. The number of Topliss-reactive ketones (excluding diaryl/α,β-unsaturated/α-hetero) is 1. The summed E-state index contributed by atoms with van der Waals surface area (Å²) in [6.45, 7) is 4.18. The van der Waals surface area contributed by atoms with Crippen molar-refractivity contribution in [3.63, 3.8) is 0 Å². The van der Waals surface area contributed by atoms with Crippen LogP contribution in [0.1, 0.15) is 39.5 Å². The van der Waals surface area contributed by atoms with Gasteiger partial charge in [-0.15, -0.1) is 0 Å². The summed E-state index contributed by atoms with van der Waals surface area (Å²) < 4.78 is 0. The Kier molecular flexibility index (Phi) is 2.86. The zero-order valence-corrected chi connectivity index (χ0v) is 7.39. The predicted molar refractivity (Wildman–Crippen MR) is 46.4 cm³/mol. The summed E-state index contributed by atoms with van der Waals surface area (Å²) in [6.07, 6.45) is 6.03. The van der Waals surface area contributed by atoms with Crippen LogP contribution in [0, 0.1) is 5.92 Å². The van der Waals surface area contributed by atoms with Crippen LogP contribution in [0.25, 0.3) is 0 Å². The van der Waals surface area contributed by atoms with Crippen LogP contribution in [-0.4, -0.2) is 5.78 Å². The lowest BCUT2D eigenvalue weighted by Crippen LogP contribution is -2.15. The molecule has 0 heterocycles. The maximum atomic E-state index is 11.1. The molecule has 1 fully saturated rings. The van der Waals surface area contributed by atoms with Gasteiger partial charge in [0.15, 0.2) is 0 Å². The minimum absolute atomic E-state index is 0.447. The van der Waals surface area contributed by atoms with Crippen molar-refractivity contribution in [1.29, 1.82) is 0 Å². The van der Waals surface area contributed by atoms with Crippen LogP contribution in [0.5, 0.6) is 0 Å². The van der Waals surface area contributed by atoms with Gasteiger partial charge >= 0.3 is 0 Å². The van der Waals surface area contributed by atoms with E-state index in [2.05, 4.69) is 19.9 Å². The third-order valence-electron chi connectivity index (χ3n) is 2.58. The van der Waals surface area contributed by atoms with E-state index in [1.165, 1.54) is 12.0 Å². The summed E-state index contributed by atoms with van der Waals surface area (Å²) in [5.74, 6) is 1.00. The maximum absolute atomic E-state index is 11.1. The van der Waals surface area contributed by atoms with E-state index in [-0.39, 0.29) is 0 Å². The average Bonchev–Trinajstić information content (AvgIpc) is 2.03. The van der Waals surface area contributed by atoms with E-state index in [0.29, 0.717) is 11.7 Å². The molecule has 0 unspecified atom stereocenters. The van der Waals surface area contributed by atoms with Gasteiger partial charge in [-0.05, 0) is 32.6 Å². The van der Waals surface area contributed by atoms with E-state index in [9.17, 15) is 4.79 Å². The quantitative estimate of drug-likeness (QED) is 0.528. The summed E-state index contributed by atoms with van der Waals surface area (Å²) in [7, 11) is 0. The van der Waals surface area contributed by atoms with E-state index in [0.717, 1.165) is 19.3 Å². The molecule has 1 aliphatic rings. The topological polar surface area (TPSA) is 17.1 Å². The molecule has 1 atom stereocenters. The van der Waals surface area contributed by atoms with E-state index >= 15 is 0 Å². The minimum atomic E-state index is 0.447. The smallest absolute Gasteiger partial charge is 0.133 e. The summed E-state index contributed by atoms with van der Waals surface area (Å²) in [5, 5.41) is 0. The van der Waals surface area contributed by atoms with Gasteiger partial charge < -0.3 is 0 Å². The molecule has 1 nitrogen and oxygen atoms in total. The molecule has 0 aromatic carbocycles. The van der Waals surface area contributed by atoms with Crippen molar-refractivity contribution in [3.8, 4) is 0 Å². The molecule has 11 heavy (non-hydrogen) atoms. The predicted octanol–water partition coefficient (Wildman–Crippen LogP) is 2.71. The third-order valence-corrected chi connectivity index (χ3v) is 2.58. The van der Waals surface area contributed by atoms with Gasteiger partial charge in [0, 0.05) is 12.8 Å². The number of carbonyl (C=O) groups excluding carboxylic acids is 1. The number of hydrogen-bond acceptors (Lipinski definition) is 1. The highest BCUT2D eigenvalue weighted by atomic mass is 16.1. The Morgan fingerprint density at radius 1 is 1.64 bits per heavy atom. The van der Waals surface area contributed by atoms with Crippen molar-refractivity contribution < 1.29 is 4.79 Å². The van der Waals surface area contributed by atoms with Crippen LogP contribution in [0.2, 0.25) is 0 Å². The highest BCUT2D eigenvalue weighted by molar-refractivity contribution is 5.79. The molecule has 0 spiro atoms. The highest BCUT2D eigenvalue weighted by Crippen LogP contribution is 2.27. The van der Waals surface area contributed by atoms with Gasteiger partial charge in [0.1, 0.15) is 5.78 Å². The standard InChI is InChI=1S/C10H16O/c1-3-8(2)9-5-4-6-10(11)7-9/h3,9H,4-7H2,1-2H3/b8-3+/t9-/m0/s1. The molecule has 1 heteroatoms. The Hall–Kier alpha value is -0.590. The van der Waals surface area contributed by atoms with Crippen LogP contribution in [0.3, 0.4) is 0 Å². The van der Waals surface area contributed by atoms with Crippen LogP contribution in [0.4, 0.5) is 0 Å². The van der Waals surface area contributed by atoms with Gasteiger partial charge in [0.25, 0.3) is 0 Å². The van der Waals surface area contributed by atoms with Crippen molar-refractivity contribution in [2.24, 2.45) is 5.92 Å². The summed E-state index contributed by atoms with van der Waals surface area (Å²) in [5.41, 5.74) is 1.39. The van der Waals surface area contributed by atoms with Crippen molar-refractivity contribution >= 4 is 5.78 Å². The third kappa shape index (κ3) is 2.18. The first-order valence-electron chi connectivity index (χ1n) is 4.38. The average molecular weight is 152 g/mol. The fourth-order valence-corrected chi connectivity index (χ4v) is 1.65. The molecule has 0 amide bonds. The lowest BCUT2D eigenvalue weighted by atomic mass is 9.84. The second-order valence-corrected chi connectivity index (χ2v) is 3.36. The number of rotatable bonds is 1. The number of allylic oxidation sites excluding steroid dienone is 2. The van der Waals surface area contributed by atoms with Gasteiger partial charge in [-0.3, -0.25) is 4.79 Å². The Labute approximate surface area is 68.5 Å². The van der Waals surface area contributed by atoms with Gasteiger partial charge in [0.2, 0.25) is 0 Å². The summed E-state index contributed by atoms with van der Waals surface area (Å²) >= 11 is 0. The van der Waals surface area contributed by atoms with E-state index in [1.54, 1.807) is 0 Å². The van der Waals surface area contributed by atoms with Gasteiger partial charge in [-0.1, -0.05) is 11.6 Å². The molecule has 0 bridgehead atoms. The lowest BCUT2D eigenvalue weighted by Gasteiger charge is -2.21. The van der Waals surface area contributed by atoms with E-state index in [1.807, 2.05) is 0 Å². The number of ketones is 1. The number of hydrogen-bond donors (Lipinski definition) is 0. The Morgan fingerprint density at radius 3 is 2.91 bits per heavy atom. The largest absolute Gasteiger partial charge is 0.300 e. The van der Waals surface area contributed by atoms with Crippen LogP contribution in [-0.2, 0) is 4.79 Å². The molecule has 0 saturated heterocycles. The molecular weight excluding hydrogens is 136 g/mol. The molecule has 0 radical (unpaired) electrons. The fraction of sp³-hybridized carbons (Fsp3) is 0.700. The van der Waals surface area contributed by atoms with Gasteiger partial charge in [-0.2, -0.15) is 0 Å². The molecule has 1 rings (SSSR count). The van der Waals surface area contributed by atoms with Crippen LogP contribution in [0.15, 0.2) is 11.6 Å². The van der Waals surface area contributed by atoms with Crippen LogP contribution >= 0.6 is 0 Å². The number of carbonyl (C=O) groups is 1. The van der Waals surface area contributed by atoms with Crippen molar-refractivity contribution in [2.45, 2.75) is 39.5 Å². The Balaban J connectivity index is 2.52. The van der Waals surface area contributed by atoms with Gasteiger partial charge in [-0.25, -0.2) is 0 Å². The molecule has 0 N–H and O–H groups in total. The second kappa shape index (κ2) is 3.70. The van der Waals surface area contributed by atoms with Gasteiger partial charge in [0.05, 0.1) is 0 Å². The SMILES string of the molecule is C/C=C(\C)[C@H]1CCCC(=O)C1. The molecule has 0 aliphatic heterocycles. The lowest BCUT2D eigenvalue weighted by molar-refractivity contribution is -0.121. The van der Waals surface area contributed by atoms with E-state index in [4.69, 9.17) is 0 Å². The van der Waals surface area contributed by atoms with Crippen molar-refractivity contribution in [2.75, 3.05) is 0 Å². The molecule has 1 saturated carbocycles. The zero-order chi connectivity index (χ0) is 8.27. The van der Waals surface area contributed by atoms with Crippen molar-refractivity contribution in [3.05, 3.63) is 11.6 Å². The Morgan fingerprint density at radius 2 is 2.36 bits per heavy atom. The van der Waals surface area contributed by atoms with Crippen molar-refractivity contribution in [1.82, 2.24) is 0 Å². The highest BCUT2D eigenvalue weighted by Gasteiger charge is 2.19.